The minimum absolute atomic E-state index is 0.225. The zero-order valence-corrected chi connectivity index (χ0v) is 8.66. The van der Waals surface area contributed by atoms with Gasteiger partial charge in [0.2, 0.25) is 5.91 Å². The topological polar surface area (TPSA) is 83.5 Å². The highest BCUT2D eigenvalue weighted by molar-refractivity contribution is 7.43. The van der Waals surface area contributed by atoms with Crippen molar-refractivity contribution in [1.82, 2.24) is 5.32 Å². The molecule has 2 atom stereocenters. The number of amides is 1. The zero-order chi connectivity index (χ0) is 10.4. The van der Waals surface area contributed by atoms with E-state index < -0.39 is 19.8 Å². The standard InChI is InChI=1S/C7H14NO4P/c1-5(9)8-6(7(10)11)3-4-13(2)12/h6,13H,3-4H2,1-2H3,(H,8,9)(H,10,11). The van der Waals surface area contributed by atoms with E-state index in [-0.39, 0.29) is 12.3 Å². The molecule has 6 heteroatoms. The summed E-state index contributed by atoms with van der Waals surface area (Å²) >= 11 is 0. The maximum atomic E-state index is 10.7. The van der Waals surface area contributed by atoms with Gasteiger partial charge in [-0.15, -0.1) is 0 Å². The second-order valence-electron chi connectivity index (χ2n) is 2.83. The third-order valence-corrected chi connectivity index (χ3v) is 2.45. The molecular weight excluding hydrogens is 193 g/mol. The van der Waals surface area contributed by atoms with E-state index in [1.54, 1.807) is 6.66 Å². The van der Waals surface area contributed by atoms with Crippen LogP contribution in [0.1, 0.15) is 13.3 Å². The first kappa shape index (κ1) is 12.2. The first-order valence-electron chi connectivity index (χ1n) is 3.93. The lowest BCUT2D eigenvalue weighted by Gasteiger charge is -2.11. The predicted molar refractivity (Wildman–Crippen MR) is 49.7 cm³/mol. The lowest BCUT2D eigenvalue weighted by atomic mass is 10.2. The van der Waals surface area contributed by atoms with Crippen LogP contribution in [0, 0.1) is 0 Å². The summed E-state index contributed by atoms with van der Waals surface area (Å²) < 4.78 is 10.7. The molecule has 2 unspecified atom stereocenters. The Balaban J connectivity index is 4.02. The molecule has 0 aliphatic rings. The molecule has 0 heterocycles. The van der Waals surface area contributed by atoms with Gasteiger partial charge in [0.25, 0.3) is 0 Å². The Morgan fingerprint density at radius 2 is 2.08 bits per heavy atom. The minimum Gasteiger partial charge on any atom is -0.480 e. The number of carbonyl (C=O) groups excluding carboxylic acids is 1. The van der Waals surface area contributed by atoms with E-state index in [9.17, 15) is 14.2 Å². The summed E-state index contributed by atoms with van der Waals surface area (Å²) in [5.74, 6) is -1.47. The Bertz CT molecular complexity index is 229. The van der Waals surface area contributed by atoms with Gasteiger partial charge in [-0.2, -0.15) is 0 Å². The van der Waals surface area contributed by atoms with Crippen LogP contribution in [-0.2, 0) is 14.2 Å². The number of hydrogen-bond donors (Lipinski definition) is 2. The smallest absolute Gasteiger partial charge is 0.326 e. The highest BCUT2D eigenvalue weighted by Crippen LogP contribution is 2.15. The number of carbonyl (C=O) groups is 2. The first-order valence-corrected chi connectivity index (χ1v) is 6.04. The number of hydrogen-bond acceptors (Lipinski definition) is 3. The van der Waals surface area contributed by atoms with Crippen LogP contribution in [0.4, 0.5) is 0 Å². The Morgan fingerprint density at radius 3 is 2.38 bits per heavy atom. The van der Waals surface area contributed by atoms with Gasteiger partial charge in [-0.1, -0.05) is 0 Å². The molecule has 0 aromatic heterocycles. The maximum Gasteiger partial charge on any atom is 0.326 e. The second-order valence-corrected chi connectivity index (χ2v) is 4.74. The van der Waals surface area contributed by atoms with Crippen LogP contribution in [0.15, 0.2) is 0 Å². The van der Waals surface area contributed by atoms with Gasteiger partial charge >= 0.3 is 5.97 Å². The highest BCUT2D eigenvalue weighted by Gasteiger charge is 2.17. The van der Waals surface area contributed by atoms with Crippen molar-refractivity contribution in [1.29, 1.82) is 0 Å². The number of rotatable bonds is 5. The lowest BCUT2D eigenvalue weighted by Crippen LogP contribution is -2.39. The monoisotopic (exact) mass is 207 g/mol. The third-order valence-electron chi connectivity index (χ3n) is 1.46. The molecule has 0 aliphatic carbocycles. The van der Waals surface area contributed by atoms with E-state index in [0.717, 1.165) is 0 Å². The molecule has 0 aliphatic heterocycles. The fourth-order valence-corrected chi connectivity index (χ4v) is 1.55. The number of aliphatic carboxylic acids is 1. The summed E-state index contributed by atoms with van der Waals surface area (Å²) in [5.41, 5.74) is 0. The van der Waals surface area contributed by atoms with Gasteiger partial charge in [0, 0.05) is 13.1 Å². The van der Waals surface area contributed by atoms with E-state index in [1.807, 2.05) is 0 Å². The fraction of sp³-hybridized carbons (Fsp3) is 0.714. The van der Waals surface area contributed by atoms with Crippen molar-refractivity contribution >= 4 is 19.7 Å². The molecular formula is C7H14NO4P. The molecule has 76 valence electrons. The van der Waals surface area contributed by atoms with Gasteiger partial charge in [-0.3, -0.25) is 4.79 Å². The fourth-order valence-electron chi connectivity index (χ4n) is 0.850. The quantitative estimate of drug-likeness (QED) is 0.629. The molecule has 0 aromatic rings. The van der Waals surface area contributed by atoms with Crippen LogP contribution in [0.3, 0.4) is 0 Å². The van der Waals surface area contributed by atoms with Crippen molar-refractivity contribution in [3.8, 4) is 0 Å². The van der Waals surface area contributed by atoms with E-state index >= 15 is 0 Å². The summed E-state index contributed by atoms with van der Waals surface area (Å²) in [6.07, 6.45) is 0.575. The van der Waals surface area contributed by atoms with Crippen molar-refractivity contribution in [3.63, 3.8) is 0 Å². The predicted octanol–water partition coefficient (Wildman–Crippen LogP) is 0.155. The van der Waals surface area contributed by atoms with Gasteiger partial charge in [-0.25, -0.2) is 4.79 Å². The van der Waals surface area contributed by atoms with E-state index in [4.69, 9.17) is 5.11 Å². The van der Waals surface area contributed by atoms with Crippen LogP contribution in [0.25, 0.3) is 0 Å². The molecule has 13 heavy (non-hydrogen) atoms. The minimum atomic E-state index is -1.66. The van der Waals surface area contributed by atoms with Crippen molar-refractivity contribution in [3.05, 3.63) is 0 Å². The molecule has 0 fully saturated rings. The molecule has 0 radical (unpaired) electrons. The van der Waals surface area contributed by atoms with Crippen molar-refractivity contribution in [2.75, 3.05) is 12.8 Å². The average Bonchev–Trinajstić information content (AvgIpc) is 1.96. The van der Waals surface area contributed by atoms with Gasteiger partial charge in [0.15, 0.2) is 0 Å². The zero-order valence-electron chi connectivity index (χ0n) is 7.66. The van der Waals surface area contributed by atoms with Crippen molar-refractivity contribution in [2.45, 2.75) is 19.4 Å². The van der Waals surface area contributed by atoms with Crippen molar-refractivity contribution in [2.24, 2.45) is 0 Å². The third kappa shape index (κ3) is 6.34. The molecule has 1 amide bonds. The Hall–Kier alpha value is -0.830. The molecule has 0 bridgehead atoms. The molecule has 0 saturated heterocycles. The maximum absolute atomic E-state index is 10.7. The van der Waals surface area contributed by atoms with Crippen LogP contribution >= 0.6 is 7.80 Å². The normalized spacial score (nSPS) is 14.6. The summed E-state index contributed by atoms with van der Waals surface area (Å²) in [6, 6.07) is -0.911. The van der Waals surface area contributed by atoms with Gasteiger partial charge in [-0.05, 0) is 13.1 Å². The van der Waals surface area contributed by atoms with E-state index in [2.05, 4.69) is 5.32 Å². The summed E-state index contributed by atoms with van der Waals surface area (Å²) in [6.45, 7) is 2.82. The van der Waals surface area contributed by atoms with Crippen LogP contribution < -0.4 is 5.32 Å². The van der Waals surface area contributed by atoms with Gasteiger partial charge in [0.1, 0.15) is 6.04 Å². The molecule has 2 N–H and O–H groups in total. The largest absolute Gasteiger partial charge is 0.480 e. The Labute approximate surface area is 77.3 Å². The summed E-state index contributed by atoms with van der Waals surface area (Å²) in [7, 11) is -1.66. The molecule has 0 aromatic carbocycles. The summed E-state index contributed by atoms with van der Waals surface area (Å²) in [4.78, 5) is 21.1. The van der Waals surface area contributed by atoms with Crippen LogP contribution in [0.5, 0.6) is 0 Å². The highest BCUT2D eigenvalue weighted by atomic mass is 31.1. The molecule has 0 rings (SSSR count). The Morgan fingerprint density at radius 1 is 1.54 bits per heavy atom. The van der Waals surface area contributed by atoms with E-state index in [1.165, 1.54) is 6.92 Å². The molecule has 0 spiro atoms. The Kier molecular flexibility index (Phi) is 5.39. The second kappa shape index (κ2) is 5.75. The SMILES string of the molecule is CC(=O)NC(CC[PH](C)=O)C(=O)O. The van der Waals surface area contributed by atoms with Gasteiger partial charge < -0.3 is 15.0 Å². The lowest BCUT2D eigenvalue weighted by molar-refractivity contribution is -0.141. The number of carboxylic acid groups (broad SMARTS) is 1. The number of nitrogens with one attached hydrogen (secondary N) is 1. The first-order chi connectivity index (χ1) is 5.93. The molecule has 0 saturated carbocycles. The molecule has 5 nitrogen and oxygen atoms in total. The van der Waals surface area contributed by atoms with Crippen LogP contribution in [0.2, 0.25) is 0 Å². The van der Waals surface area contributed by atoms with Gasteiger partial charge in [0.05, 0.1) is 7.80 Å². The van der Waals surface area contributed by atoms with Crippen molar-refractivity contribution < 1.29 is 19.3 Å². The average molecular weight is 207 g/mol. The van der Waals surface area contributed by atoms with Crippen LogP contribution in [-0.4, -0.2) is 35.9 Å². The number of carboxylic acids is 1. The summed E-state index contributed by atoms with van der Waals surface area (Å²) in [5, 5.41) is 10.9. The van der Waals surface area contributed by atoms with E-state index in [0.29, 0.717) is 6.16 Å².